The number of rotatable bonds is 7. The zero-order chi connectivity index (χ0) is 19.2. The minimum Gasteiger partial charge on any atom is -0.496 e. The molecule has 1 amide bonds. The van der Waals surface area contributed by atoms with E-state index >= 15 is 0 Å². The normalized spacial score (nSPS) is 16.9. The molecule has 1 aliphatic rings. The van der Waals surface area contributed by atoms with Crippen LogP contribution in [0.1, 0.15) is 29.0 Å². The lowest BCUT2D eigenvalue weighted by Crippen LogP contribution is -2.49. The number of thiophene rings is 1. The second kappa shape index (κ2) is 9.35. The Morgan fingerprint density at radius 1 is 1.22 bits per heavy atom. The molecule has 1 aromatic heterocycles. The Labute approximate surface area is 165 Å². The number of carbonyl (C=O) groups is 1. The summed E-state index contributed by atoms with van der Waals surface area (Å²) >= 11 is 1.68. The highest BCUT2D eigenvalue weighted by atomic mass is 32.1. The number of ether oxygens (including phenoxy) is 1. The molecule has 2 heterocycles. The first-order valence-electron chi connectivity index (χ1n) is 9.46. The Morgan fingerprint density at radius 2 is 1.96 bits per heavy atom. The molecule has 0 spiro atoms. The van der Waals surface area contributed by atoms with Crippen LogP contribution >= 0.6 is 11.3 Å². The SMILES string of the molecule is COc1ccc(C)cc1CN1CCN(CC(=O)N[C@@H](C)c2cccs2)CC1. The van der Waals surface area contributed by atoms with Gasteiger partial charge in [-0.25, -0.2) is 0 Å². The van der Waals surface area contributed by atoms with Crippen molar-refractivity contribution >= 4 is 17.2 Å². The molecule has 27 heavy (non-hydrogen) atoms. The van der Waals surface area contributed by atoms with Crippen molar-refractivity contribution in [1.82, 2.24) is 15.1 Å². The molecule has 0 saturated carbocycles. The fraction of sp³-hybridized carbons (Fsp3) is 0.476. The summed E-state index contributed by atoms with van der Waals surface area (Å²) in [6, 6.07) is 10.5. The number of benzene rings is 1. The van der Waals surface area contributed by atoms with Crippen LogP contribution in [-0.4, -0.2) is 55.5 Å². The van der Waals surface area contributed by atoms with E-state index in [4.69, 9.17) is 4.74 Å². The summed E-state index contributed by atoms with van der Waals surface area (Å²) in [6.45, 7) is 9.25. The molecular formula is C21H29N3O2S. The highest BCUT2D eigenvalue weighted by Gasteiger charge is 2.21. The van der Waals surface area contributed by atoms with Crippen molar-refractivity contribution in [1.29, 1.82) is 0 Å². The molecule has 1 aliphatic heterocycles. The summed E-state index contributed by atoms with van der Waals surface area (Å²) in [4.78, 5) is 18.2. The van der Waals surface area contributed by atoms with Crippen LogP contribution in [0.2, 0.25) is 0 Å². The van der Waals surface area contributed by atoms with Gasteiger partial charge in [-0.15, -0.1) is 11.3 Å². The molecule has 0 unspecified atom stereocenters. The standard InChI is InChI=1S/C21H29N3O2S/c1-16-6-7-19(26-3)18(13-16)14-23-8-10-24(11-9-23)15-21(25)22-17(2)20-5-4-12-27-20/h4-7,12-13,17H,8-11,14-15H2,1-3H3,(H,22,25)/t17-/m0/s1. The first-order chi connectivity index (χ1) is 13.0. The molecule has 1 atom stereocenters. The van der Waals surface area contributed by atoms with Gasteiger partial charge in [0.1, 0.15) is 5.75 Å². The Kier molecular flexibility index (Phi) is 6.88. The van der Waals surface area contributed by atoms with E-state index in [1.165, 1.54) is 16.0 Å². The van der Waals surface area contributed by atoms with Gasteiger partial charge in [0.05, 0.1) is 19.7 Å². The van der Waals surface area contributed by atoms with Crippen molar-refractivity contribution in [2.45, 2.75) is 26.4 Å². The van der Waals surface area contributed by atoms with E-state index in [0.29, 0.717) is 6.54 Å². The predicted molar refractivity (Wildman–Crippen MR) is 110 cm³/mol. The minimum absolute atomic E-state index is 0.0765. The van der Waals surface area contributed by atoms with E-state index in [1.807, 2.05) is 24.4 Å². The smallest absolute Gasteiger partial charge is 0.234 e. The van der Waals surface area contributed by atoms with Gasteiger partial charge in [-0.3, -0.25) is 14.6 Å². The Morgan fingerprint density at radius 3 is 2.63 bits per heavy atom. The average molecular weight is 388 g/mol. The van der Waals surface area contributed by atoms with Crippen molar-refractivity contribution in [2.24, 2.45) is 0 Å². The third kappa shape index (κ3) is 5.54. The van der Waals surface area contributed by atoms with Gasteiger partial charge in [0.25, 0.3) is 0 Å². The van der Waals surface area contributed by atoms with Crippen LogP contribution in [0.25, 0.3) is 0 Å². The van der Waals surface area contributed by atoms with Crippen molar-refractivity contribution < 1.29 is 9.53 Å². The van der Waals surface area contributed by atoms with Crippen molar-refractivity contribution in [2.75, 3.05) is 39.8 Å². The average Bonchev–Trinajstić information content (AvgIpc) is 3.18. The fourth-order valence-electron chi connectivity index (χ4n) is 3.48. The number of hydrogen-bond acceptors (Lipinski definition) is 5. The zero-order valence-electron chi connectivity index (χ0n) is 16.4. The first kappa shape index (κ1) is 19.9. The van der Waals surface area contributed by atoms with Gasteiger partial charge in [0, 0.05) is 43.2 Å². The summed E-state index contributed by atoms with van der Waals surface area (Å²) in [6.07, 6.45) is 0. The highest BCUT2D eigenvalue weighted by molar-refractivity contribution is 7.10. The molecule has 1 fully saturated rings. The molecule has 0 aliphatic carbocycles. The lowest BCUT2D eigenvalue weighted by atomic mass is 10.1. The van der Waals surface area contributed by atoms with Gasteiger partial charge < -0.3 is 10.1 Å². The maximum Gasteiger partial charge on any atom is 0.234 e. The van der Waals surface area contributed by atoms with E-state index in [2.05, 4.69) is 40.2 Å². The predicted octanol–water partition coefficient (Wildman–Crippen LogP) is 3.06. The maximum absolute atomic E-state index is 12.3. The van der Waals surface area contributed by atoms with Crippen molar-refractivity contribution in [3.8, 4) is 5.75 Å². The molecule has 3 rings (SSSR count). The molecule has 0 bridgehead atoms. The number of methoxy groups -OCH3 is 1. The van der Waals surface area contributed by atoms with E-state index in [1.54, 1.807) is 18.4 Å². The highest BCUT2D eigenvalue weighted by Crippen LogP contribution is 2.22. The number of amides is 1. The van der Waals surface area contributed by atoms with Crippen LogP contribution in [0.5, 0.6) is 5.75 Å². The van der Waals surface area contributed by atoms with Crippen LogP contribution in [0.15, 0.2) is 35.7 Å². The second-order valence-electron chi connectivity index (χ2n) is 7.17. The monoisotopic (exact) mass is 387 g/mol. The third-order valence-corrected chi connectivity index (χ3v) is 6.06. The number of hydrogen-bond donors (Lipinski definition) is 1. The van der Waals surface area contributed by atoms with E-state index in [-0.39, 0.29) is 11.9 Å². The van der Waals surface area contributed by atoms with Crippen LogP contribution in [0.3, 0.4) is 0 Å². The first-order valence-corrected chi connectivity index (χ1v) is 10.3. The van der Waals surface area contributed by atoms with Crippen LogP contribution < -0.4 is 10.1 Å². The van der Waals surface area contributed by atoms with Gasteiger partial charge in [-0.2, -0.15) is 0 Å². The fourth-order valence-corrected chi connectivity index (χ4v) is 4.21. The summed E-state index contributed by atoms with van der Waals surface area (Å²) < 4.78 is 5.49. The van der Waals surface area contributed by atoms with Gasteiger partial charge in [-0.1, -0.05) is 23.8 Å². The molecule has 1 saturated heterocycles. The molecule has 1 aromatic carbocycles. The van der Waals surface area contributed by atoms with Crippen molar-refractivity contribution in [3.63, 3.8) is 0 Å². The van der Waals surface area contributed by atoms with Crippen molar-refractivity contribution in [3.05, 3.63) is 51.7 Å². The Bertz CT molecular complexity index is 740. The lowest BCUT2D eigenvalue weighted by Gasteiger charge is -2.34. The number of piperazine rings is 1. The summed E-state index contributed by atoms with van der Waals surface area (Å²) in [5, 5.41) is 5.14. The summed E-state index contributed by atoms with van der Waals surface area (Å²) in [5.41, 5.74) is 2.48. The molecule has 1 N–H and O–H groups in total. The van der Waals surface area contributed by atoms with Gasteiger partial charge in [0.15, 0.2) is 0 Å². The number of carbonyl (C=O) groups excluding carboxylic acids is 1. The summed E-state index contributed by atoms with van der Waals surface area (Å²) in [7, 11) is 1.72. The Hall–Kier alpha value is -1.89. The maximum atomic E-state index is 12.3. The quantitative estimate of drug-likeness (QED) is 0.793. The van der Waals surface area contributed by atoms with Gasteiger partial charge >= 0.3 is 0 Å². The largest absolute Gasteiger partial charge is 0.496 e. The Balaban J connectivity index is 1.45. The third-order valence-electron chi connectivity index (χ3n) is 5.01. The van der Waals surface area contributed by atoms with E-state index in [0.717, 1.165) is 38.5 Å². The van der Waals surface area contributed by atoms with Crippen LogP contribution in [0, 0.1) is 6.92 Å². The van der Waals surface area contributed by atoms with Gasteiger partial charge in [-0.05, 0) is 31.4 Å². The molecular weight excluding hydrogens is 358 g/mol. The molecule has 0 radical (unpaired) electrons. The number of nitrogens with zero attached hydrogens (tertiary/aromatic N) is 2. The van der Waals surface area contributed by atoms with Crippen LogP contribution in [-0.2, 0) is 11.3 Å². The molecule has 2 aromatic rings. The molecule has 5 nitrogen and oxygen atoms in total. The number of aryl methyl sites for hydroxylation is 1. The van der Waals surface area contributed by atoms with Crippen LogP contribution in [0.4, 0.5) is 0 Å². The topological polar surface area (TPSA) is 44.8 Å². The molecule has 6 heteroatoms. The number of nitrogens with one attached hydrogen (secondary N) is 1. The zero-order valence-corrected chi connectivity index (χ0v) is 17.2. The van der Waals surface area contributed by atoms with Gasteiger partial charge in [0.2, 0.25) is 5.91 Å². The van der Waals surface area contributed by atoms with E-state index < -0.39 is 0 Å². The molecule has 146 valence electrons. The second-order valence-corrected chi connectivity index (χ2v) is 8.15. The lowest BCUT2D eigenvalue weighted by molar-refractivity contribution is -0.123. The minimum atomic E-state index is 0.0765. The summed E-state index contributed by atoms with van der Waals surface area (Å²) in [5.74, 6) is 1.05. The van der Waals surface area contributed by atoms with E-state index in [9.17, 15) is 4.79 Å².